The van der Waals surface area contributed by atoms with Crippen molar-refractivity contribution >= 4 is 5.91 Å². The van der Waals surface area contributed by atoms with Crippen LogP contribution in [0.25, 0.3) is 0 Å². The van der Waals surface area contributed by atoms with Gasteiger partial charge in [-0.05, 0) is 65.6 Å². The van der Waals surface area contributed by atoms with Crippen LogP contribution in [0.1, 0.15) is 51.9 Å². The molecule has 5 nitrogen and oxygen atoms in total. The van der Waals surface area contributed by atoms with Gasteiger partial charge < -0.3 is 14.5 Å². The van der Waals surface area contributed by atoms with Crippen LogP contribution in [0.15, 0.2) is 0 Å². The summed E-state index contributed by atoms with van der Waals surface area (Å²) in [5, 5.41) is 0. The summed E-state index contributed by atoms with van der Waals surface area (Å²) in [6.07, 6.45) is 8.14. The van der Waals surface area contributed by atoms with Crippen molar-refractivity contribution in [1.82, 2.24) is 14.7 Å². The van der Waals surface area contributed by atoms with E-state index < -0.39 is 0 Å². The van der Waals surface area contributed by atoms with Crippen LogP contribution >= 0.6 is 0 Å². The first-order valence-electron chi connectivity index (χ1n) is 9.86. The summed E-state index contributed by atoms with van der Waals surface area (Å²) in [5.41, 5.74) is 0. The molecule has 3 aliphatic rings. The Hall–Kier alpha value is -0.650. The van der Waals surface area contributed by atoms with Crippen LogP contribution in [0, 0.1) is 0 Å². The van der Waals surface area contributed by atoms with Gasteiger partial charge in [-0.3, -0.25) is 9.69 Å². The number of rotatable bonds is 5. The van der Waals surface area contributed by atoms with Crippen molar-refractivity contribution in [2.45, 2.75) is 76.2 Å². The molecular formula is C19H35N3O2. The molecule has 3 heterocycles. The lowest BCUT2D eigenvalue weighted by Crippen LogP contribution is -2.45. The zero-order chi connectivity index (χ0) is 17.1. The van der Waals surface area contributed by atoms with E-state index in [0.29, 0.717) is 30.6 Å². The molecule has 0 aromatic heterocycles. The van der Waals surface area contributed by atoms with Crippen molar-refractivity contribution < 1.29 is 9.53 Å². The number of piperidine rings is 1. The molecule has 0 N–H and O–H groups in total. The second-order valence-electron chi connectivity index (χ2n) is 8.16. The first kappa shape index (κ1) is 18.2. The molecular weight excluding hydrogens is 302 g/mol. The normalized spacial score (nSPS) is 33.2. The average molecular weight is 338 g/mol. The smallest absolute Gasteiger partial charge is 0.222 e. The van der Waals surface area contributed by atoms with Gasteiger partial charge in [0.1, 0.15) is 0 Å². The Morgan fingerprint density at radius 2 is 1.88 bits per heavy atom. The SMILES string of the molecule is C[C@@H]1CC[C@H](CCC(=O)N(C)[C@@H]2CCN(C3CCN(C)CC3)C2)O1. The molecule has 0 radical (unpaired) electrons. The van der Waals surface area contributed by atoms with Crippen molar-refractivity contribution in [2.24, 2.45) is 0 Å². The van der Waals surface area contributed by atoms with E-state index in [1.54, 1.807) is 0 Å². The molecule has 3 saturated heterocycles. The third kappa shape index (κ3) is 4.50. The summed E-state index contributed by atoms with van der Waals surface area (Å²) in [5.74, 6) is 0.299. The van der Waals surface area contributed by atoms with Crippen LogP contribution in [-0.2, 0) is 9.53 Å². The van der Waals surface area contributed by atoms with Crippen LogP contribution < -0.4 is 0 Å². The van der Waals surface area contributed by atoms with E-state index in [9.17, 15) is 4.79 Å². The number of amides is 1. The predicted octanol–water partition coefficient (Wildman–Crippen LogP) is 1.96. The van der Waals surface area contributed by atoms with Gasteiger partial charge in [0, 0.05) is 38.6 Å². The molecule has 0 unspecified atom stereocenters. The number of likely N-dealkylation sites (tertiary alicyclic amines) is 2. The van der Waals surface area contributed by atoms with Crippen molar-refractivity contribution in [3.8, 4) is 0 Å². The molecule has 0 aromatic rings. The fourth-order valence-electron chi connectivity index (χ4n) is 4.54. The fraction of sp³-hybridized carbons (Fsp3) is 0.947. The van der Waals surface area contributed by atoms with E-state index in [1.807, 2.05) is 11.9 Å². The van der Waals surface area contributed by atoms with E-state index in [1.165, 1.54) is 25.9 Å². The molecule has 3 aliphatic heterocycles. The van der Waals surface area contributed by atoms with E-state index in [0.717, 1.165) is 44.8 Å². The van der Waals surface area contributed by atoms with Gasteiger partial charge in [-0.15, -0.1) is 0 Å². The maximum Gasteiger partial charge on any atom is 0.222 e. The molecule has 24 heavy (non-hydrogen) atoms. The molecule has 0 bridgehead atoms. The van der Waals surface area contributed by atoms with Crippen molar-refractivity contribution in [3.63, 3.8) is 0 Å². The number of hydrogen-bond donors (Lipinski definition) is 0. The molecule has 0 aliphatic carbocycles. The summed E-state index contributed by atoms with van der Waals surface area (Å²) in [6, 6.07) is 1.13. The number of carbonyl (C=O) groups is 1. The highest BCUT2D eigenvalue weighted by atomic mass is 16.5. The van der Waals surface area contributed by atoms with Gasteiger partial charge in [-0.1, -0.05) is 0 Å². The second-order valence-corrected chi connectivity index (χ2v) is 8.16. The first-order chi connectivity index (χ1) is 11.5. The Kier molecular flexibility index (Phi) is 6.17. The minimum absolute atomic E-state index is 0.299. The summed E-state index contributed by atoms with van der Waals surface area (Å²) in [7, 11) is 4.22. The Morgan fingerprint density at radius 3 is 2.54 bits per heavy atom. The van der Waals surface area contributed by atoms with Gasteiger partial charge in [0.25, 0.3) is 0 Å². The van der Waals surface area contributed by atoms with Crippen LogP contribution in [0.2, 0.25) is 0 Å². The van der Waals surface area contributed by atoms with Crippen molar-refractivity contribution in [2.75, 3.05) is 40.3 Å². The molecule has 3 fully saturated rings. The average Bonchev–Trinajstić information content (AvgIpc) is 3.22. The molecule has 138 valence electrons. The van der Waals surface area contributed by atoms with E-state index >= 15 is 0 Å². The van der Waals surface area contributed by atoms with Gasteiger partial charge in [0.2, 0.25) is 5.91 Å². The van der Waals surface area contributed by atoms with Gasteiger partial charge in [0.05, 0.1) is 12.2 Å². The van der Waals surface area contributed by atoms with Crippen LogP contribution in [0.3, 0.4) is 0 Å². The highest BCUT2D eigenvalue weighted by Gasteiger charge is 2.33. The molecule has 0 aromatic carbocycles. The fourth-order valence-corrected chi connectivity index (χ4v) is 4.54. The summed E-state index contributed by atoms with van der Waals surface area (Å²) < 4.78 is 5.84. The topological polar surface area (TPSA) is 36.0 Å². The van der Waals surface area contributed by atoms with E-state index in [-0.39, 0.29) is 0 Å². The lowest BCUT2D eigenvalue weighted by atomic mass is 10.0. The Balaban J connectivity index is 1.40. The number of carbonyl (C=O) groups excluding carboxylic acids is 1. The number of nitrogens with zero attached hydrogens (tertiary/aromatic N) is 3. The zero-order valence-corrected chi connectivity index (χ0v) is 15.7. The van der Waals surface area contributed by atoms with E-state index in [4.69, 9.17) is 4.74 Å². The Morgan fingerprint density at radius 1 is 1.12 bits per heavy atom. The number of ether oxygens (including phenoxy) is 1. The van der Waals surface area contributed by atoms with Gasteiger partial charge in [0.15, 0.2) is 0 Å². The lowest BCUT2D eigenvalue weighted by Gasteiger charge is -2.35. The second kappa shape index (κ2) is 8.15. The molecule has 0 saturated carbocycles. The third-order valence-electron chi connectivity index (χ3n) is 6.34. The maximum atomic E-state index is 12.5. The summed E-state index contributed by atoms with van der Waals surface area (Å²) in [6.45, 7) is 6.76. The lowest BCUT2D eigenvalue weighted by molar-refractivity contribution is -0.132. The number of likely N-dealkylation sites (N-methyl/N-ethyl adjacent to an activating group) is 1. The molecule has 5 heteroatoms. The van der Waals surface area contributed by atoms with Crippen LogP contribution in [0.5, 0.6) is 0 Å². The van der Waals surface area contributed by atoms with E-state index in [2.05, 4.69) is 23.8 Å². The molecule has 3 atom stereocenters. The Labute approximate surface area is 147 Å². The first-order valence-corrected chi connectivity index (χ1v) is 9.86. The molecule has 0 spiro atoms. The predicted molar refractivity (Wildman–Crippen MR) is 96.1 cm³/mol. The van der Waals surface area contributed by atoms with Crippen molar-refractivity contribution in [3.05, 3.63) is 0 Å². The maximum absolute atomic E-state index is 12.5. The van der Waals surface area contributed by atoms with Gasteiger partial charge >= 0.3 is 0 Å². The third-order valence-corrected chi connectivity index (χ3v) is 6.34. The minimum Gasteiger partial charge on any atom is -0.375 e. The zero-order valence-electron chi connectivity index (χ0n) is 15.7. The monoisotopic (exact) mass is 337 g/mol. The van der Waals surface area contributed by atoms with Crippen LogP contribution in [-0.4, -0.2) is 85.2 Å². The Bertz CT molecular complexity index is 423. The standard InChI is InChI=1S/C19H35N3O2/c1-15-4-5-18(24-15)6-7-19(23)21(3)17-10-13-22(14-17)16-8-11-20(2)12-9-16/h15-18H,4-14H2,1-3H3/t15-,17-,18-/m1/s1. The largest absolute Gasteiger partial charge is 0.375 e. The highest BCUT2D eigenvalue weighted by Crippen LogP contribution is 2.25. The molecule has 3 rings (SSSR count). The van der Waals surface area contributed by atoms with Crippen molar-refractivity contribution in [1.29, 1.82) is 0 Å². The molecule has 1 amide bonds. The minimum atomic E-state index is 0.299. The number of hydrogen-bond acceptors (Lipinski definition) is 4. The van der Waals surface area contributed by atoms with Gasteiger partial charge in [-0.25, -0.2) is 0 Å². The van der Waals surface area contributed by atoms with Crippen LogP contribution in [0.4, 0.5) is 0 Å². The quantitative estimate of drug-likeness (QED) is 0.768. The summed E-state index contributed by atoms with van der Waals surface area (Å²) in [4.78, 5) is 19.6. The highest BCUT2D eigenvalue weighted by molar-refractivity contribution is 5.76. The summed E-state index contributed by atoms with van der Waals surface area (Å²) >= 11 is 0. The van der Waals surface area contributed by atoms with Gasteiger partial charge in [-0.2, -0.15) is 0 Å².